The molecule has 27 heavy (non-hydrogen) atoms. The van der Waals surface area contributed by atoms with Gasteiger partial charge >= 0.3 is 12.0 Å². The number of imidazole rings is 1. The molecule has 0 saturated carbocycles. The number of hydrogen-bond donors (Lipinski definition) is 2. The average molecular weight is 391 g/mol. The fourth-order valence-corrected chi connectivity index (χ4v) is 3.59. The molecule has 0 unspecified atom stereocenters. The zero-order valence-corrected chi connectivity index (χ0v) is 16.3. The van der Waals surface area contributed by atoms with E-state index in [4.69, 9.17) is 16.3 Å². The van der Waals surface area contributed by atoms with Gasteiger partial charge in [-0.2, -0.15) is 0 Å². The molecule has 2 N–H and O–H groups in total. The smallest absolute Gasteiger partial charge is 0.328 e. The third-order valence-electron chi connectivity index (χ3n) is 4.79. The number of aromatic amines is 1. The van der Waals surface area contributed by atoms with Crippen molar-refractivity contribution in [2.45, 2.75) is 32.4 Å². The predicted octanol–water partition coefficient (Wildman–Crippen LogP) is 2.92. The third-order valence-corrected chi connectivity index (χ3v) is 5.13. The van der Waals surface area contributed by atoms with Crippen molar-refractivity contribution in [2.24, 2.45) is 5.92 Å². The van der Waals surface area contributed by atoms with Crippen LogP contribution in [0.2, 0.25) is 5.02 Å². The number of carbonyl (C=O) groups excluding carboxylic acids is 2. The summed E-state index contributed by atoms with van der Waals surface area (Å²) in [6.45, 7) is 4.19. The van der Waals surface area contributed by atoms with E-state index in [9.17, 15) is 9.59 Å². The molecule has 0 bridgehead atoms. The summed E-state index contributed by atoms with van der Waals surface area (Å²) < 4.78 is 4.83. The number of carbonyl (C=O) groups is 2. The number of ether oxygens (including phenoxy) is 1. The van der Waals surface area contributed by atoms with E-state index in [2.05, 4.69) is 15.3 Å². The topological polar surface area (TPSA) is 87.3 Å². The van der Waals surface area contributed by atoms with Gasteiger partial charge in [-0.1, -0.05) is 43.6 Å². The molecule has 1 aliphatic rings. The van der Waals surface area contributed by atoms with E-state index in [1.165, 1.54) is 7.11 Å². The minimum Gasteiger partial charge on any atom is -0.467 e. The van der Waals surface area contributed by atoms with Gasteiger partial charge in [-0.05, 0) is 17.5 Å². The second kappa shape index (κ2) is 8.00. The molecule has 2 aromatic rings. The molecule has 2 heterocycles. The van der Waals surface area contributed by atoms with E-state index < -0.39 is 18.1 Å². The van der Waals surface area contributed by atoms with Crippen LogP contribution in [-0.4, -0.2) is 46.6 Å². The fourth-order valence-electron chi connectivity index (χ4n) is 3.35. The van der Waals surface area contributed by atoms with E-state index in [0.717, 1.165) is 17.0 Å². The summed E-state index contributed by atoms with van der Waals surface area (Å²) >= 11 is 6.42. The molecule has 1 aromatic carbocycles. The number of esters is 1. The molecule has 144 valence electrons. The maximum Gasteiger partial charge on any atom is 0.328 e. The quantitative estimate of drug-likeness (QED) is 0.786. The summed E-state index contributed by atoms with van der Waals surface area (Å²) in [5.41, 5.74) is 2.54. The van der Waals surface area contributed by atoms with Gasteiger partial charge < -0.3 is 19.9 Å². The minimum atomic E-state index is -0.727. The molecule has 0 radical (unpaired) electrons. The van der Waals surface area contributed by atoms with Gasteiger partial charge in [0.15, 0.2) is 0 Å². The molecule has 2 amide bonds. The molecule has 0 aliphatic carbocycles. The van der Waals surface area contributed by atoms with E-state index in [0.29, 0.717) is 18.0 Å². The van der Waals surface area contributed by atoms with Crippen molar-refractivity contribution in [3.8, 4) is 0 Å². The van der Waals surface area contributed by atoms with Crippen molar-refractivity contribution in [2.75, 3.05) is 13.7 Å². The molecule has 0 spiro atoms. The Hall–Kier alpha value is -2.54. The van der Waals surface area contributed by atoms with Crippen molar-refractivity contribution in [1.29, 1.82) is 0 Å². The van der Waals surface area contributed by atoms with E-state index in [-0.39, 0.29) is 11.9 Å². The normalized spacial score (nSPS) is 17.4. The highest BCUT2D eigenvalue weighted by Crippen LogP contribution is 2.36. The first-order valence-electron chi connectivity index (χ1n) is 8.85. The maximum absolute atomic E-state index is 13.1. The number of nitrogens with one attached hydrogen (secondary N) is 2. The van der Waals surface area contributed by atoms with E-state index >= 15 is 0 Å². The Morgan fingerprint density at radius 1 is 1.37 bits per heavy atom. The fraction of sp³-hybridized carbons (Fsp3) is 0.421. The summed E-state index contributed by atoms with van der Waals surface area (Å²) in [5, 5.41) is 3.37. The second-order valence-electron chi connectivity index (χ2n) is 6.83. The number of rotatable bonds is 4. The molecule has 8 heteroatoms. The number of aromatic nitrogens is 2. The molecule has 7 nitrogen and oxygen atoms in total. The van der Waals surface area contributed by atoms with Crippen LogP contribution >= 0.6 is 11.6 Å². The van der Waals surface area contributed by atoms with Crippen molar-refractivity contribution >= 4 is 23.6 Å². The van der Waals surface area contributed by atoms with Crippen LogP contribution in [0.25, 0.3) is 0 Å². The summed E-state index contributed by atoms with van der Waals surface area (Å²) in [5.74, 6) is -0.573. The Bertz CT molecular complexity index is 836. The van der Waals surface area contributed by atoms with Crippen molar-refractivity contribution in [3.05, 3.63) is 52.6 Å². The Kier molecular flexibility index (Phi) is 5.70. The Labute approximate surface area is 163 Å². The monoisotopic (exact) mass is 390 g/mol. The Balaban J connectivity index is 1.95. The molecule has 1 aliphatic heterocycles. The average Bonchev–Trinajstić information content (AvgIpc) is 3.13. The van der Waals surface area contributed by atoms with Gasteiger partial charge in [0.25, 0.3) is 0 Å². The van der Waals surface area contributed by atoms with Crippen molar-refractivity contribution < 1.29 is 14.3 Å². The highest BCUT2D eigenvalue weighted by Gasteiger charge is 2.37. The summed E-state index contributed by atoms with van der Waals surface area (Å²) in [6.07, 6.45) is 2.27. The first-order valence-corrected chi connectivity index (χ1v) is 9.23. The summed E-state index contributed by atoms with van der Waals surface area (Å²) in [7, 11) is 1.31. The maximum atomic E-state index is 13.1. The molecule has 0 fully saturated rings. The van der Waals surface area contributed by atoms with Gasteiger partial charge in [0.1, 0.15) is 12.1 Å². The van der Waals surface area contributed by atoms with Crippen LogP contribution in [0.4, 0.5) is 4.79 Å². The molecule has 1 aromatic heterocycles. The van der Waals surface area contributed by atoms with E-state index in [1.54, 1.807) is 17.3 Å². The lowest BCUT2D eigenvalue weighted by Gasteiger charge is -2.36. The minimum absolute atomic E-state index is 0.106. The molecule has 2 atom stereocenters. The van der Waals surface area contributed by atoms with Crippen LogP contribution in [0.15, 0.2) is 30.6 Å². The SMILES string of the molecule is COC(=O)[C@@H](NC(=O)N1CCc2[nH]cnc2[C@@H]1c1ccccc1Cl)C(C)C. The number of amides is 2. The molecular weight excluding hydrogens is 368 g/mol. The van der Waals surface area contributed by atoms with Crippen LogP contribution in [0.5, 0.6) is 0 Å². The van der Waals surface area contributed by atoms with Gasteiger partial charge in [0.2, 0.25) is 0 Å². The van der Waals surface area contributed by atoms with Gasteiger partial charge in [-0.15, -0.1) is 0 Å². The van der Waals surface area contributed by atoms with Gasteiger partial charge in [-0.25, -0.2) is 14.6 Å². The highest BCUT2D eigenvalue weighted by molar-refractivity contribution is 6.31. The van der Waals surface area contributed by atoms with Crippen LogP contribution in [0, 0.1) is 5.92 Å². The van der Waals surface area contributed by atoms with Crippen LogP contribution < -0.4 is 5.32 Å². The number of urea groups is 1. The summed E-state index contributed by atoms with van der Waals surface area (Å²) in [4.78, 5) is 34.4. The van der Waals surface area contributed by atoms with Gasteiger partial charge in [0.05, 0.1) is 19.1 Å². The van der Waals surface area contributed by atoms with Crippen LogP contribution in [0.1, 0.15) is 36.8 Å². The Morgan fingerprint density at radius 2 is 2.11 bits per heavy atom. The number of H-pyrrole nitrogens is 1. The third kappa shape index (κ3) is 3.78. The van der Waals surface area contributed by atoms with Crippen molar-refractivity contribution in [3.63, 3.8) is 0 Å². The lowest BCUT2D eigenvalue weighted by atomic mass is 9.95. The highest BCUT2D eigenvalue weighted by atomic mass is 35.5. The summed E-state index contributed by atoms with van der Waals surface area (Å²) in [6, 6.07) is 5.89. The number of hydrogen-bond acceptors (Lipinski definition) is 4. The number of benzene rings is 1. The first kappa shape index (κ1) is 19.2. The van der Waals surface area contributed by atoms with E-state index in [1.807, 2.05) is 32.0 Å². The zero-order chi connectivity index (χ0) is 19.6. The molecule has 3 rings (SSSR count). The lowest BCUT2D eigenvalue weighted by Crippen LogP contribution is -2.53. The largest absolute Gasteiger partial charge is 0.467 e. The zero-order valence-electron chi connectivity index (χ0n) is 15.5. The predicted molar refractivity (Wildman–Crippen MR) is 101 cm³/mol. The first-order chi connectivity index (χ1) is 12.9. The Morgan fingerprint density at radius 3 is 2.78 bits per heavy atom. The standard InChI is InChI=1S/C19H23ClN4O3/c1-11(2)15(18(25)27-3)23-19(26)24-9-8-14-16(22-10-21-14)17(24)12-6-4-5-7-13(12)20/h4-7,10-11,15,17H,8-9H2,1-3H3,(H,21,22)(H,23,26)/t15-,17-/m0/s1. The number of methoxy groups -OCH3 is 1. The van der Waals surface area contributed by atoms with Gasteiger partial charge in [-0.3, -0.25) is 0 Å². The van der Waals surface area contributed by atoms with Crippen LogP contribution in [0.3, 0.4) is 0 Å². The number of fused-ring (bicyclic) bond motifs is 1. The van der Waals surface area contributed by atoms with Gasteiger partial charge in [0, 0.05) is 23.7 Å². The van der Waals surface area contributed by atoms with Crippen molar-refractivity contribution in [1.82, 2.24) is 20.2 Å². The lowest BCUT2D eigenvalue weighted by molar-refractivity contribution is -0.144. The number of nitrogens with zero attached hydrogens (tertiary/aromatic N) is 2. The molecule has 0 saturated heterocycles. The molecular formula is C19H23ClN4O3. The van der Waals surface area contributed by atoms with Crippen LogP contribution in [-0.2, 0) is 16.0 Å². The number of halogens is 1. The second-order valence-corrected chi connectivity index (χ2v) is 7.24.